The van der Waals surface area contributed by atoms with Crippen LogP contribution in [0.4, 0.5) is 10.2 Å². The van der Waals surface area contributed by atoms with Gasteiger partial charge in [0.25, 0.3) is 0 Å². The van der Waals surface area contributed by atoms with Crippen LogP contribution in [0.3, 0.4) is 0 Å². The van der Waals surface area contributed by atoms with E-state index in [-0.39, 0.29) is 29.7 Å². The number of hydrogen-bond donors (Lipinski definition) is 3. The number of phenolic OH excluding ortho intramolecular Hbond substituents is 1. The molecule has 1 amide bonds. The monoisotopic (exact) mass is 411 g/mol. The molecule has 4 heterocycles. The maximum absolute atomic E-state index is 14.9. The Kier molecular flexibility index (Phi) is 4.81. The van der Waals surface area contributed by atoms with E-state index >= 15 is 0 Å². The number of alkyl halides is 1. The highest BCUT2D eigenvalue weighted by Crippen LogP contribution is 2.35. The van der Waals surface area contributed by atoms with Gasteiger partial charge in [0.2, 0.25) is 5.91 Å². The number of hydrogen-bond acceptors (Lipinski definition) is 6. The molecule has 158 valence electrons. The van der Waals surface area contributed by atoms with Gasteiger partial charge in [0.15, 0.2) is 0 Å². The molecule has 3 fully saturated rings. The number of fused-ring (bicyclic) bond motifs is 2. The molecule has 1 aromatic carbocycles. The van der Waals surface area contributed by atoms with Crippen molar-refractivity contribution in [2.24, 2.45) is 0 Å². The number of carbonyl (C=O) groups excluding carboxylic acids is 1. The van der Waals surface area contributed by atoms with Gasteiger partial charge in [0, 0.05) is 43.6 Å². The SMILES string of the molecule is CN(c1cnc(-c2ccc([C@@H]3CNC(=O)C3)cc2O)cn1)[C@@H]1CC2CCC(N2)[C@@H]1F. The second kappa shape index (κ2) is 7.50. The molecule has 0 spiro atoms. The lowest BCUT2D eigenvalue weighted by atomic mass is 9.96. The van der Waals surface area contributed by atoms with E-state index in [1.807, 2.05) is 24.1 Å². The first-order chi connectivity index (χ1) is 14.5. The third-order valence-electron chi connectivity index (χ3n) is 6.80. The highest BCUT2D eigenvalue weighted by Gasteiger charge is 2.43. The number of carbonyl (C=O) groups is 1. The number of amides is 1. The maximum Gasteiger partial charge on any atom is 0.220 e. The number of aromatic nitrogens is 2. The Morgan fingerprint density at radius 3 is 2.80 bits per heavy atom. The number of rotatable bonds is 4. The minimum absolute atomic E-state index is 0.0337. The Morgan fingerprint density at radius 2 is 2.10 bits per heavy atom. The minimum atomic E-state index is -0.927. The first-order valence-electron chi connectivity index (χ1n) is 10.5. The summed E-state index contributed by atoms with van der Waals surface area (Å²) in [4.78, 5) is 22.3. The number of aromatic hydroxyl groups is 1. The normalized spacial score (nSPS) is 30.3. The largest absolute Gasteiger partial charge is 0.507 e. The highest BCUT2D eigenvalue weighted by atomic mass is 19.1. The van der Waals surface area contributed by atoms with Gasteiger partial charge >= 0.3 is 0 Å². The summed E-state index contributed by atoms with van der Waals surface area (Å²) in [5.74, 6) is 0.847. The molecule has 2 aromatic rings. The lowest BCUT2D eigenvalue weighted by Crippen LogP contribution is -2.55. The van der Waals surface area contributed by atoms with Crippen LogP contribution < -0.4 is 15.5 Å². The summed E-state index contributed by atoms with van der Waals surface area (Å²) in [6, 6.07) is 5.52. The minimum Gasteiger partial charge on any atom is -0.507 e. The van der Waals surface area contributed by atoms with Gasteiger partial charge in [-0.3, -0.25) is 9.78 Å². The first-order valence-corrected chi connectivity index (χ1v) is 10.5. The molecule has 2 bridgehead atoms. The average molecular weight is 411 g/mol. The average Bonchev–Trinajstić information content (AvgIpc) is 3.37. The van der Waals surface area contributed by atoms with E-state index in [4.69, 9.17) is 0 Å². The number of anilines is 1. The van der Waals surface area contributed by atoms with Gasteiger partial charge in [-0.25, -0.2) is 9.37 Å². The number of nitrogens with zero attached hydrogens (tertiary/aromatic N) is 3. The topological polar surface area (TPSA) is 90.4 Å². The van der Waals surface area contributed by atoms with Crippen LogP contribution in [0.5, 0.6) is 5.75 Å². The molecular formula is C22H26FN5O2. The summed E-state index contributed by atoms with van der Waals surface area (Å²) >= 11 is 0. The first kappa shape index (κ1) is 19.2. The summed E-state index contributed by atoms with van der Waals surface area (Å²) < 4.78 is 14.9. The number of halogens is 1. The lowest BCUT2D eigenvalue weighted by molar-refractivity contribution is -0.119. The van der Waals surface area contributed by atoms with Gasteiger partial charge in [-0.2, -0.15) is 0 Å². The van der Waals surface area contributed by atoms with Crippen LogP contribution >= 0.6 is 0 Å². The zero-order chi connectivity index (χ0) is 20.8. The van der Waals surface area contributed by atoms with Crippen molar-refractivity contribution in [1.29, 1.82) is 0 Å². The van der Waals surface area contributed by atoms with Crippen LogP contribution in [0.25, 0.3) is 11.3 Å². The lowest BCUT2D eigenvalue weighted by Gasteiger charge is -2.38. The highest BCUT2D eigenvalue weighted by molar-refractivity contribution is 5.79. The van der Waals surface area contributed by atoms with Crippen LogP contribution in [-0.4, -0.2) is 58.9 Å². The van der Waals surface area contributed by atoms with Gasteiger partial charge < -0.3 is 20.6 Å². The van der Waals surface area contributed by atoms with Crippen molar-refractivity contribution >= 4 is 11.7 Å². The van der Waals surface area contributed by atoms with Crippen molar-refractivity contribution in [2.45, 2.75) is 55.9 Å². The second-order valence-corrected chi connectivity index (χ2v) is 8.65. The number of phenols is 1. The van der Waals surface area contributed by atoms with E-state index in [0.717, 1.165) is 24.8 Å². The van der Waals surface area contributed by atoms with Crippen molar-refractivity contribution in [2.75, 3.05) is 18.5 Å². The quantitative estimate of drug-likeness (QED) is 0.714. The third-order valence-corrected chi connectivity index (χ3v) is 6.80. The van der Waals surface area contributed by atoms with Gasteiger partial charge in [-0.05, 0) is 37.0 Å². The molecule has 5 atom stereocenters. The molecule has 2 unspecified atom stereocenters. The van der Waals surface area contributed by atoms with E-state index in [0.29, 0.717) is 36.1 Å². The van der Waals surface area contributed by atoms with Crippen molar-refractivity contribution in [3.63, 3.8) is 0 Å². The molecule has 0 saturated carbocycles. The summed E-state index contributed by atoms with van der Waals surface area (Å²) in [6.07, 6.45) is 5.44. The smallest absolute Gasteiger partial charge is 0.220 e. The van der Waals surface area contributed by atoms with Crippen molar-refractivity contribution in [1.82, 2.24) is 20.6 Å². The standard InChI is InChI=1S/C22H26FN5O2/c1-28(18-8-14-3-5-16(27-14)22(18)23)20-11-24-17(10-25-20)15-4-2-12(6-19(15)29)13-7-21(30)26-9-13/h2,4,6,10-11,13-14,16,18,22,27,29H,3,5,7-9H2,1H3,(H,26,30)/t13-,14?,16?,18+,22-/m0/s1. The molecule has 0 radical (unpaired) electrons. The Balaban J connectivity index is 1.33. The van der Waals surface area contributed by atoms with Crippen LogP contribution in [0.2, 0.25) is 0 Å². The predicted molar refractivity (Wildman–Crippen MR) is 111 cm³/mol. The van der Waals surface area contributed by atoms with Crippen LogP contribution in [0.15, 0.2) is 30.6 Å². The van der Waals surface area contributed by atoms with Gasteiger partial charge in [0.05, 0.1) is 24.1 Å². The summed E-state index contributed by atoms with van der Waals surface area (Å²) in [5.41, 5.74) is 2.06. The maximum atomic E-state index is 14.9. The summed E-state index contributed by atoms with van der Waals surface area (Å²) in [7, 11) is 1.87. The Labute approximate surface area is 174 Å². The zero-order valence-electron chi connectivity index (χ0n) is 16.9. The predicted octanol–water partition coefficient (Wildman–Crippen LogP) is 2.12. The van der Waals surface area contributed by atoms with Gasteiger partial charge in [-0.1, -0.05) is 6.07 Å². The van der Waals surface area contributed by atoms with Crippen molar-refractivity contribution < 1.29 is 14.3 Å². The molecule has 3 aliphatic rings. The van der Waals surface area contributed by atoms with E-state index in [1.54, 1.807) is 18.5 Å². The molecule has 0 aliphatic carbocycles. The second-order valence-electron chi connectivity index (χ2n) is 8.65. The molecule has 30 heavy (non-hydrogen) atoms. The van der Waals surface area contributed by atoms with E-state index < -0.39 is 6.17 Å². The fourth-order valence-corrected chi connectivity index (χ4v) is 5.02. The van der Waals surface area contributed by atoms with Crippen molar-refractivity contribution in [3.05, 3.63) is 36.2 Å². The molecule has 3 N–H and O–H groups in total. The molecule has 7 nitrogen and oxygen atoms in total. The molecular weight excluding hydrogens is 385 g/mol. The Morgan fingerprint density at radius 1 is 1.23 bits per heavy atom. The summed E-state index contributed by atoms with van der Waals surface area (Å²) in [5, 5.41) is 16.7. The summed E-state index contributed by atoms with van der Waals surface area (Å²) in [6.45, 7) is 0.590. The molecule has 8 heteroatoms. The number of piperidine rings is 1. The molecule has 1 aromatic heterocycles. The zero-order valence-corrected chi connectivity index (χ0v) is 16.9. The van der Waals surface area contributed by atoms with Crippen LogP contribution in [0.1, 0.15) is 37.2 Å². The van der Waals surface area contributed by atoms with Gasteiger partial charge in [-0.15, -0.1) is 0 Å². The van der Waals surface area contributed by atoms with E-state index in [9.17, 15) is 14.3 Å². The number of benzene rings is 1. The fourth-order valence-electron chi connectivity index (χ4n) is 5.02. The molecule has 3 aliphatic heterocycles. The van der Waals surface area contributed by atoms with Gasteiger partial charge in [0.1, 0.15) is 17.7 Å². The van der Waals surface area contributed by atoms with Crippen molar-refractivity contribution in [3.8, 4) is 17.0 Å². The Bertz CT molecular complexity index is 953. The molecule has 3 saturated heterocycles. The van der Waals surface area contributed by atoms with Crippen LogP contribution in [-0.2, 0) is 4.79 Å². The fraction of sp³-hybridized carbons (Fsp3) is 0.500. The van der Waals surface area contributed by atoms with E-state index in [1.165, 1.54) is 0 Å². The Hall–Kier alpha value is -2.74. The third kappa shape index (κ3) is 3.39. The molecule has 5 rings (SSSR count). The van der Waals surface area contributed by atoms with E-state index in [2.05, 4.69) is 20.6 Å². The number of nitrogens with one attached hydrogen (secondary N) is 2. The van der Waals surface area contributed by atoms with Crippen LogP contribution in [0, 0.1) is 0 Å².